The van der Waals surface area contributed by atoms with E-state index in [-0.39, 0.29) is 11.9 Å². The SMILES string of the molecule is O=C(Nc1ccc([C@H]2CC2(Cl)Cl)cc1)Nc1cccc2ccccc12. The standard InChI is InChI=1S/C20H16Cl2N2O/c21-20(22)12-17(20)14-8-10-15(11-9-14)23-19(25)24-18-7-3-5-13-4-1-2-6-16(13)18/h1-11,17H,12H2,(H2,23,24,25)/t17-/m1/s1. The number of rotatable bonds is 3. The van der Waals surface area contributed by atoms with Crippen molar-refractivity contribution in [3.8, 4) is 0 Å². The number of carbonyl (C=O) groups is 1. The lowest BCUT2D eigenvalue weighted by atomic mass is 10.1. The monoisotopic (exact) mass is 370 g/mol. The van der Waals surface area contributed by atoms with Gasteiger partial charge in [-0.1, -0.05) is 48.5 Å². The molecule has 1 aliphatic rings. The van der Waals surface area contributed by atoms with Gasteiger partial charge in [-0.15, -0.1) is 23.2 Å². The molecule has 0 aliphatic heterocycles. The summed E-state index contributed by atoms with van der Waals surface area (Å²) < 4.78 is -0.638. The van der Waals surface area contributed by atoms with Crippen LogP contribution in [0.5, 0.6) is 0 Å². The summed E-state index contributed by atoms with van der Waals surface area (Å²) in [6.07, 6.45) is 0.768. The maximum atomic E-state index is 12.3. The molecule has 126 valence electrons. The summed E-state index contributed by atoms with van der Waals surface area (Å²) in [5, 5.41) is 7.84. The van der Waals surface area contributed by atoms with Crippen molar-refractivity contribution in [3.05, 3.63) is 72.3 Å². The maximum absolute atomic E-state index is 12.3. The second-order valence-electron chi connectivity index (χ2n) is 6.25. The number of alkyl halides is 2. The molecule has 4 rings (SSSR count). The van der Waals surface area contributed by atoms with Crippen LogP contribution in [-0.4, -0.2) is 10.4 Å². The molecule has 0 radical (unpaired) electrons. The van der Waals surface area contributed by atoms with Crippen molar-refractivity contribution in [1.29, 1.82) is 0 Å². The highest BCUT2D eigenvalue weighted by Gasteiger charge is 2.52. The Bertz CT molecular complexity index is 933. The summed E-state index contributed by atoms with van der Waals surface area (Å²) >= 11 is 12.2. The number of anilines is 2. The van der Waals surface area contributed by atoms with Crippen LogP contribution >= 0.6 is 23.2 Å². The lowest BCUT2D eigenvalue weighted by molar-refractivity contribution is 0.262. The highest BCUT2D eigenvalue weighted by molar-refractivity contribution is 6.51. The van der Waals surface area contributed by atoms with Crippen LogP contribution in [0.1, 0.15) is 17.9 Å². The second kappa shape index (κ2) is 6.25. The quantitative estimate of drug-likeness (QED) is 0.533. The molecule has 5 heteroatoms. The van der Waals surface area contributed by atoms with Crippen molar-refractivity contribution in [1.82, 2.24) is 0 Å². The fourth-order valence-corrected chi connectivity index (χ4v) is 3.55. The van der Waals surface area contributed by atoms with Crippen molar-refractivity contribution >= 4 is 51.4 Å². The number of amides is 2. The number of hydrogen-bond donors (Lipinski definition) is 2. The van der Waals surface area contributed by atoms with E-state index in [1.807, 2.05) is 66.7 Å². The van der Waals surface area contributed by atoms with Crippen molar-refractivity contribution in [2.75, 3.05) is 10.6 Å². The molecule has 0 heterocycles. The van der Waals surface area contributed by atoms with E-state index >= 15 is 0 Å². The molecule has 1 atom stereocenters. The van der Waals surface area contributed by atoms with Gasteiger partial charge in [0.05, 0.1) is 5.69 Å². The largest absolute Gasteiger partial charge is 0.323 e. The Morgan fingerprint density at radius 1 is 0.920 bits per heavy atom. The Hall–Kier alpha value is -2.23. The summed E-state index contributed by atoms with van der Waals surface area (Å²) in [6.45, 7) is 0. The molecule has 3 nitrogen and oxygen atoms in total. The molecule has 2 N–H and O–H groups in total. The zero-order valence-electron chi connectivity index (χ0n) is 13.3. The predicted octanol–water partition coefficient (Wildman–Crippen LogP) is 6.15. The van der Waals surface area contributed by atoms with Gasteiger partial charge in [-0.3, -0.25) is 0 Å². The number of fused-ring (bicyclic) bond motifs is 1. The summed E-state index contributed by atoms with van der Waals surface area (Å²) in [7, 11) is 0. The maximum Gasteiger partial charge on any atom is 0.323 e. The highest BCUT2D eigenvalue weighted by atomic mass is 35.5. The minimum Gasteiger partial charge on any atom is -0.308 e. The number of halogens is 2. The van der Waals surface area contributed by atoms with E-state index < -0.39 is 4.33 Å². The van der Waals surface area contributed by atoms with E-state index in [0.717, 1.165) is 34.1 Å². The van der Waals surface area contributed by atoms with Crippen LogP contribution < -0.4 is 10.6 Å². The third-order valence-corrected chi connectivity index (χ3v) is 5.27. The zero-order chi connectivity index (χ0) is 17.4. The normalized spacial score (nSPS) is 17.9. The molecule has 3 aromatic carbocycles. The van der Waals surface area contributed by atoms with E-state index in [4.69, 9.17) is 23.2 Å². The van der Waals surface area contributed by atoms with Crippen molar-refractivity contribution < 1.29 is 4.79 Å². The topological polar surface area (TPSA) is 41.1 Å². The highest BCUT2D eigenvalue weighted by Crippen LogP contribution is 2.59. The summed E-state index contributed by atoms with van der Waals surface area (Å²) in [5.74, 6) is 0.175. The van der Waals surface area contributed by atoms with Gasteiger partial charge in [0.1, 0.15) is 4.33 Å². The first-order chi connectivity index (χ1) is 12.0. The molecule has 0 bridgehead atoms. The zero-order valence-corrected chi connectivity index (χ0v) is 14.8. The Kier molecular flexibility index (Phi) is 4.06. The van der Waals surface area contributed by atoms with Crippen LogP contribution in [0.4, 0.5) is 16.2 Å². The van der Waals surface area contributed by atoms with Gasteiger partial charge in [-0.05, 0) is 35.6 Å². The lowest BCUT2D eigenvalue weighted by Crippen LogP contribution is -2.19. The molecule has 0 unspecified atom stereocenters. The first-order valence-corrected chi connectivity index (χ1v) is 8.82. The third-order valence-electron chi connectivity index (χ3n) is 4.43. The van der Waals surface area contributed by atoms with Crippen LogP contribution in [0.25, 0.3) is 10.8 Å². The van der Waals surface area contributed by atoms with Crippen LogP contribution in [0.2, 0.25) is 0 Å². The average molecular weight is 371 g/mol. The average Bonchev–Trinajstić information content (AvgIpc) is 3.24. The van der Waals surface area contributed by atoms with Gasteiger partial charge in [-0.2, -0.15) is 0 Å². The number of benzene rings is 3. The molecule has 2 amide bonds. The molecule has 1 aliphatic carbocycles. The van der Waals surface area contributed by atoms with Gasteiger partial charge in [0, 0.05) is 17.0 Å². The van der Waals surface area contributed by atoms with E-state index in [1.165, 1.54) is 0 Å². The summed E-state index contributed by atoms with van der Waals surface area (Å²) in [4.78, 5) is 12.3. The fourth-order valence-electron chi connectivity index (χ4n) is 2.99. The van der Waals surface area contributed by atoms with E-state index in [1.54, 1.807) is 0 Å². The second-order valence-corrected chi connectivity index (χ2v) is 7.79. The van der Waals surface area contributed by atoms with Gasteiger partial charge in [0.2, 0.25) is 0 Å². The van der Waals surface area contributed by atoms with Gasteiger partial charge < -0.3 is 10.6 Å². The van der Waals surface area contributed by atoms with Crippen LogP contribution in [-0.2, 0) is 0 Å². The Morgan fingerprint density at radius 2 is 1.60 bits per heavy atom. The molecule has 25 heavy (non-hydrogen) atoms. The lowest BCUT2D eigenvalue weighted by Gasteiger charge is -2.10. The first-order valence-electron chi connectivity index (χ1n) is 8.06. The molecule has 1 saturated carbocycles. The molecule has 3 aromatic rings. The van der Waals surface area contributed by atoms with Crippen LogP contribution in [0, 0.1) is 0 Å². The number of urea groups is 1. The smallest absolute Gasteiger partial charge is 0.308 e. The Labute approximate surface area is 155 Å². The molecule has 1 fully saturated rings. The number of carbonyl (C=O) groups excluding carboxylic acids is 1. The van der Waals surface area contributed by atoms with E-state index in [9.17, 15) is 4.79 Å². The summed E-state index contributed by atoms with van der Waals surface area (Å²) in [6, 6.07) is 21.1. The van der Waals surface area contributed by atoms with Gasteiger partial charge >= 0.3 is 6.03 Å². The number of nitrogens with one attached hydrogen (secondary N) is 2. The molecular formula is C20H16Cl2N2O. The van der Waals surface area contributed by atoms with Crippen molar-refractivity contribution in [3.63, 3.8) is 0 Å². The first kappa shape index (κ1) is 16.2. The molecule has 0 spiro atoms. The predicted molar refractivity (Wildman–Crippen MR) is 105 cm³/mol. The molecular weight excluding hydrogens is 355 g/mol. The van der Waals surface area contributed by atoms with E-state index in [2.05, 4.69) is 10.6 Å². The molecule has 0 saturated heterocycles. The Morgan fingerprint density at radius 3 is 2.32 bits per heavy atom. The van der Waals surface area contributed by atoms with Crippen molar-refractivity contribution in [2.45, 2.75) is 16.7 Å². The molecule has 0 aromatic heterocycles. The van der Waals surface area contributed by atoms with Crippen LogP contribution in [0.3, 0.4) is 0 Å². The third kappa shape index (κ3) is 3.44. The van der Waals surface area contributed by atoms with Gasteiger partial charge in [0.25, 0.3) is 0 Å². The van der Waals surface area contributed by atoms with Crippen LogP contribution in [0.15, 0.2) is 66.7 Å². The van der Waals surface area contributed by atoms with Gasteiger partial charge in [0.15, 0.2) is 0 Å². The Balaban J connectivity index is 1.45. The van der Waals surface area contributed by atoms with Gasteiger partial charge in [-0.25, -0.2) is 4.79 Å². The fraction of sp³-hybridized carbons (Fsp3) is 0.150. The number of hydrogen-bond acceptors (Lipinski definition) is 1. The summed E-state index contributed by atoms with van der Waals surface area (Å²) in [5.41, 5.74) is 2.58. The van der Waals surface area contributed by atoms with Crippen molar-refractivity contribution in [2.24, 2.45) is 0 Å². The minimum atomic E-state index is -0.638. The minimum absolute atomic E-state index is 0.175. The van der Waals surface area contributed by atoms with E-state index in [0.29, 0.717) is 0 Å².